The third kappa shape index (κ3) is 2.39. The fourth-order valence-electron chi connectivity index (χ4n) is 3.43. The molecule has 0 aliphatic carbocycles. The van der Waals surface area contributed by atoms with Crippen LogP contribution in [0.2, 0.25) is 0 Å². The van der Waals surface area contributed by atoms with Crippen molar-refractivity contribution in [3.05, 3.63) is 29.3 Å². The lowest BCUT2D eigenvalue weighted by atomic mass is 9.94. The Hall–Kier alpha value is -1.35. The zero-order valence-corrected chi connectivity index (χ0v) is 11.7. The number of nitrogens with zero attached hydrogens (tertiary/aromatic N) is 1. The summed E-state index contributed by atoms with van der Waals surface area (Å²) in [7, 11) is 0. The van der Waals surface area contributed by atoms with Gasteiger partial charge in [0, 0.05) is 25.1 Å². The molecule has 2 aliphatic rings. The molecule has 2 bridgehead atoms. The van der Waals surface area contributed by atoms with E-state index < -0.39 is 0 Å². The van der Waals surface area contributed by atoms with Gasteiger partial charge in [0.1, 0.15) is 11.4 Å². The van der Waals surface area contributed by atoms with E-state index in [1.54, 1.807) is 6.92 Å². The average molecular weight is 259 g/mol. The Bertz CT molecular complexity index is 507. The van der Waals surface area contributed by atoms with Crippen LogP contribution in [0, 0.1) is 6.92 Å². The van der Waals surface area contributed by atoms with Crippen molar-refractivity contribution in [2.75, 3.05) is 19.6 Å². The van der Waals surface area contributed by atoms with E-state index in [1.807, 2.05) is 25.1 Å². The molecular weight excluding hydrogens is 238 g/mol. The Balaban J connectivity index is 1.80. The first kappa shape index (κ1) is 12.7. The quantitative estimate of drug-likeness (QED) is 0.782. The number of carbonyl (C=O) groups excluding carboxylic acids is 1. The highest BCUT2D eigenvalue weighted by atomic mass is 16.5. The van der Waals surface area contributed by atoms with E-state index in [1.165, 1.54) is 13.0 Å². The molecule has 2 aliphatic heterocycles. The summed E-state index contributed by atoms with van der Waals surface area (Å²) in [5.74, 6) is 1.03. The fourth-order valence-corrected chi connectivity index (χ4v) is 3.43. The zero-order valence-electron chi connectivity index (χ0n) is 11.7. The molecule has 19 heavy (non-hydrogen) atoms. The molecule has 2 heterocycles. The van der Waals surface area contributed by atoms with Gasteiger partial charge in [-0.2, -0.15) is 0 Å². The largest absolute Gasteiger partial charge is 0.486 e. The van der Waals surface area contributed by atoms with Gasteiger partial charge in [-0.05, 0) is 57.0 Å². The summed E-state index contributed by atoms with van der Waals surface area (Å²) in [6, 6.07) is 5.83. The van der Waals surface area contributed by atoms with E-state index in [4.69, 9.17) is 4.74 Å². The summed E-state index contributed by atoms with van der Waals surface area (Å²) < 4.78 is 6.30. The second-order valence-electron chi connectivity index (χ2n) is 5.95. The van der Waals surface area contributed by atoms with Crippen LogP contribution in [0.25, 0.3) is 0 Å². The van der Waals surface area contributed by atoms with Crippen LogP contribution < -0.4 is 4.74 Å². The Labute approximate surface area is 114 Å². The number of ketones is 1. The molecule has 0 saturated carbocycles. The lowest BCUT2D eigenvalue weighted by molar-refractivity contribution is 0.0452. The minimum atomic E-state index is 0.0163. The normalized spacial score (nSPS) is 29.3. The van der Waals surface area contributed by atoms with Gasteiger partial charge in [-0.15, -0.1) is 0 Å². The summed E-state index contributed by atoms with van der Waals surface area (Å²) in [6.07, 6.45) is 3.50. The number of aryl methyl sites for hydroxylation is 1. The van der Waals surface area contributed by atoms with E-state index in [0.29, 0.717) is 0 Å². The van der Waals surface area contributed by atoms with Crippen molar-refractivity contribution in [2.45, 2.75) is 38.7 Å². The Morgan fingerprint density at radius 3 is 2.89 bits per heavy atom. The highest BCUT2D eigenvalue weighted by Crippen LogP contribution is 2.36. The number of hydrogen-bond donors (Lipinski definition) is 0. The van der Waals surface area contributed by atoms with E-state index in [9.17, 15) is 4.79 Å². The highest BCUT2D eigenvalue weighted by Gasteiger charge is 2.42. The Morgan fingerprint density at radius 2 is 2.16 bits per heavy atom. The van der Waals surface area contributed by atoms with Crippen LogP contribution in [0.4, 0.5) is 0 Å². The topological polar surface area (TPSA) is 29.5 Å². The number of carbonyl (C=O) groups is 1. The van der Waals surface area contributed by atoms with Crippen LogP contribution in [-0.4, -0.2) is 35.9 Å². The molecule has 0 amide bonds. The zero-order chi connectivity index (χ0) is 13.5. The predicted molar refractivity (Wildman–Crippen MR) is 74.8 cm³/mol. The molecule has 1 unspecified atom stereocenters. The molecule has 2 atom stereocenters. The first-order valence-corrected chi connectivity index (χ1v) is 7.11. The van der Waals surface area contributed by atoms with Crippen molar-refractivity contribution in [2.24, 2.45) is 0 Å². The van der Waals surface area contributed by atoms with Crippen LogP contribution >= 0.6 is 0 Å². The Kier molecular flexibility index (Phi) is 3.09. The van der Waals surface area contributed by atoms with E-state index in [-0.39, 0.29) is 11.4 Å². The molecule has 2 saturated heterocycles. The maximum atomic E-state index is 11.4. The van der Waals surface area contributed by atoms with Gasteiger partial charge in [-0.1, -0.05) is 0 Å². The lowest BCUT2D eigenvalue weighted by Gasteiger charge is -2.34. The molecule has 0 N–H and O–H groups in total. The molecule has 0 spiro atoms. The average Bonchev–Trinajstić information content (AvgIpc) is 2.64. The number of Topliss-reactive ketones (excluding diaryl/α,β-unsaturated/α-hetero) is 1. The van der Waals surface area contributed by atoms with Gasteiger partial charge in [0.25, 0.3) is 0 Å². The standard InChI is InChI=1S/C16H21NO2/c1-12-10-14(4-5-15(12)13(2)18)19-16-6-3-8-17(11-16)9-7-16/h4-5,10H,3,6-9,11H2,1-2H3/t16-/m0/s1. The minimum Gasteiger partial charge on any atom is -0.486 e. The van der Waals surface area contributed by atoms with Crippen molar-refractivity contribution in [3.63, 3.8) is 0 Å². The molecule has 102 valence electrons. The fraction of sp³-hybridized carbons (Fsp3) is 0.562. The monoisotopic (exact) mass is 259 g/mol. The summed E-state index contributed by atoms with van der Waals surface area (Å²) in [6.45, 7) is 7.01. The van der Waals surface area contributed by atoms with E-state index >= 15 is 0 Å². The number of hydrogen-bond acceptors (Lipinski definition) is 3. The smallest absolute Gasteiger partial charge is 0.160 e. The number of rotatable bonds is 3. The van der Waals surface area contributed by atoms with Crippen molar-refractivity contribution in [3.8, 4) is 5.75 Å². The Morgan fingerprint density at radius 1 is 1.32 bits per heavy atom. The van der Waals surface area contributed by atoms with Gasteiger partial charge in [0.2, 0.25) is 0 Å². The molecule has 3 rings (SSSR count). The first-order valence-electron chi connectivity index (χ1n) is 7.11. The maximum Gasteiger partial charge on any atom is 0.160 e. The van der Waals surface area contributed by atoms with Gasteiger partial charge in [0.15, 0.2) is 5.78 Å². The molecule has 1 aromatic rings. The molecule has 3 nitrogen and oxygen atoms in total. The van der Waals surface area contributed by atoms with Gasteiger partial charge in [0.05, 0.1) is 0 Å². The summed E-state index contributed by atoms with van der Waals surface area (Å²) >= 11 is 0. The second kappa shape index (κ2) is 4.64. The summed E-state index contributed by atoms with van der Waals surface area (Å²) in [4.78, 5) is 13.9. The highest BCUT2D eigenvalue weighted by molar-refractivity contribution is 5.95. The van der Waals surface area contributed by atoms with Crippen LogP contribution in [0.3, 0.4) is 0 Å². The lowest BCUT2D eigenvalue weighted by Crippen LogP contribution is -2.43. The third-order valence-electron chi connectivity index (χ3n) is 4.41. The van der Waals surface area contributed by atoms with Gasteiger partial charge >= 0.3 is 0 Å². The van der Waals surface area contributed by atoms with Crippen molar-refractivity contribution in [1.29, 1.82) is 0 Å². The molecule has 2 fully saturated rings. The van der Waals surface area contributed by atoms with Crippen LogP contribution in [-0.2, 0) is 0 Å². The summed E-state index contributed by atoms with van der Waals surface area (Å²) in [5, 5.41) is 0. The van der Waals surface area contributed by atoms with Crippen molar-refractivity contribution < 1.29 is 9.53 Å². The maximum absolute atomic E-state index is 11.4. The molecule has 0 radical (unpaired) electrons. The summed E-state index contributed by atoms with van der Waals surface area (Å²) in [5.41, 5.74) is 1.82. The number of ether oxygens (including phenoxy) is 1. The molecular formula is C16H21NO2. The van der Waals surface area contributed by atoms with Crippen LogP contribution in [0.5, 0.6) is 5.75 Å². The van der Waals surface area contributed by atoms with Gasteiger partial charge < -0.3 is 4.74 Å². The van der Waals surface area contributed by atoms with Crippen molar-refractivity contribution >= 4 is 5.78 Å². The number of fused-ring (bicyclic) bond motifs is 2. The van der Waals surface area contributed by atoms with E-state index in [0.717, 1.165) is 42.8 Å². The van der Waals surface area contributed by atoms with Crippen LogP contribution in [0.15, 0.2) is 18.2 Å². The second-order valence-corrected chi connectivity index (χ2v) is 5.95. The SMILES string of the molecule is CC(=O)c1ccc(O[C@@]23CCCN(CC2)C3)cc1C. The molecule has 3 heteroatoms. The number of piperidine rings is 1. The van der Waals surface area contributed by atoms with Crippen molar-refractivity contribution in [1.82, 2.24) is 4.90 Å². The van der Waals surface area contributed by atoms with E-state index in [2.05, 4.69) is 4.90 Å². The van der Waals surface area contributed by atoms with Gasteiger partial charge in [-0.25, -0.2) is 0 Å². The number of benzene rings is 1. The molecule has 1 aromatic carbocycles. The molecule has 0 aromatic heterocycles. The third-order valence-corrected chi connectivity index (χ3v) is 4.41. The van der Waals surface area contributed by atoms with Gasteiger partial charge in [-0.3, -0.25) is 9.69 Å². The minimum absolute atomic E-state index is 0.0163. The van der Waals surface area contributed by atoms with Crippen LogP contribution in [0.1, 0.15) is 42.1 Å². The predicted octanol–water partition coefficient (Wildman–Crippen LogP) is 2.81. The first-order chi connectivity index (χ1) is 9.08.